The maximum atomic E-state index is 6.33. The third-order valence-electron chi connectivity index (χ3n) is 11.5. The van der Waals surface area contributed by atoms with Gasteiger partial charge in [0, 0.05) is 39.7 Å². The van der Waals surface area contributed by atoms with E-state index in [-0.39, 0.29) is 6.17 Å². The van der Waals surface area contributed by atoms with Gasteiger partial charge in [-0.05, 0) is 96.5 Å². The number of fused-ring (bicyclic) bond motifs is 8. The summed E-state index contributed by atoms with van der Waals surface area (Å²) in [6.45, 7) is 2.27. The monoisotopic (exact) mass is 704 g/mol. The summed E-state index contributed by atoms with van der Waals surface area (Å²) in [7, 11) is 0. The number of allylic oxidation sites excluding steroid dienone is 1. The van der Waals surface area contributed by atoms with Crippen molar-refractivity contribution >= 4 is 76.4 Å². The summed E-state index contributed by atoms with van der Waals surface area (Å²) >= 11 is 0. The van der Waals surface area contributed by atoms with Crippen molar-refractivity contribution in [2.75, 3.05) is 0 Å². The average Bonchev–Trinajstić information content (AvgIpc) is 3.54. The van der Waals surface area contributed by atoms with Crippen LogP contribution in [0.5, 0.6) is 0 Å². The third kappa shape index (κ3) is 5.15. The van der Waals surface area contributed by atoms with Gasteiger partial charge in [-0.15, -0.1) is 0 Å². The molecule has 2 heterocycles. The molecule has 11 rings (SSSR count). The molecule has 0 bridgehead atoms. The summed E-state index contributed by atoms with van der Waals surface area (Å²) in [5.74, 6) is 0. The van der Waals surface area contributed by atoms with Crippen molar-refractivity contribution in [1.29, 1.82) is 0 Å². The number of nitrogens with zero attached hydrogens (tertiary/aromatic N) is 1. The number of para-hydroxylation sites is 1. The van der Waals surface area contributed by atoms with Crippen LogP contribution in [0, 0.1) is 0 Å². The number of hydrogen-bond acceptors (Lipinski definition) is 3. The van der Waals surface area contributed by atoms with E-state index in [9.17, 15) is 0 Å². The standard InChI is InChI=1S/C52H36N2O/c1-32-29-47(36-26-25-33-13-2-3-14-34(33)30-36)53-52(54-51(32)46-31-35-15-4-5-16-37(35)38-17-6-9-20-41(38)46)44-28-27-42(39-18-7-8-19-40(39)44)43-22-12-24-49-50(43)45-21-10-11-23-48(45)55-49/h2-28,30-31,52,54H,29H2,1H3. The van der Waals surface area contributed by atoms with Crippen LogP contribution < -0.4 is 5.32 Å². The molecule has 3 heteroatoms. The molecule has 0 saturated heterocycles. The van der Waals surface area contributed by atoms with Gasteiger partial charge in [-0.1, -0.05) is 152 Å². The maximum absolute atomic E-state index is 6.33. The lowest BCUT2D eigenvalue weighted by atomic mass is 9.91. The molecule has 0 aliphatic carbocycles. The average molecular weight is 705 g/mol. The van der Waals surface area contributed by atoms with Gasteiger partial charge in [0.2, 0.25) is 0 Å². The lowest BCUT2D eigenvalue weighted by molar-refractivity contribution is 0.669. The van der Waals surface area contributed by atoms with Gasteiger partial charge in [-0.2, -0.15) is 0 Å². The molecular formula is C52H36N2O. The third-order valence-corrected chi connectivity index (χ3v) is 11.5. The summed E-state index contributed by atoms with van der Waals surface area (Å²) in [5.41, 5.74) is 11.1. The fourth-order valence-corrected chi connectivity index (χ4v) is 8.89. The van der Waals surface area contributed by atoms with Crippen LogP contribution >= 0.6 is 0 Å². The zero-order valence-electron chi connectivity index (χ0n) is 30.4. The molecular weight excluding hydrogens is 669 g/mol. The molecule has 0 fully saturated rings. The Morgan fingerprint density at radius 2 is 1.15 bits per heavy atom. The van der Waals surface area contributed by atoms with Crippen LogP contribution in [0.4, 0.5) is 0 Å². The minimum absolute atomic E-state index is 0.344. The lowest BCUT2D eigenvalue weighted by Gasteiger charge is -2.23. The number of nitrogens with one attached hydrogen (secondary N) is 1. The molecule has 10 aromatic rings. The van der Waals surface area contributed by atoms with Gasteiger partial charge in [0.25, 0.3) is 0 Å². The van der Waals surface area contributed by atoms with E-state index in [4.69, 9.17) is 9.41 Å². The van der Waals surface area contributed by atoms with Crippen molar-refractivity contribution in [2.24, 2.45) is 4.99 Å². The predicted octanol–water partition coefficient (Wildman–Crippen LogP) is 13.8. The Bertz CT molecular complexity index is 3240. The molecule has 0 saturated carbocycles. The molecule has 1 aromatic heterocycles. The first-order chi connectivity index (χ1) is 27.2. The van der Waals surface area contributed by atoms with Crippen LogP contribution in [-0.4, -0.2) is 5.71 Å². The van der Waals surface area contributed by atoms with Crippen LogP contribution in [0.3, 0.4) is 0 Å². The normalized spacial score (nSPS) is 14.9. The second kappa shape index (κ2) is 12.6. The minimum Gasteiger partial charge on any atom is -0.456 e. The molecule has 1 aliphatic rings. The molecule has 1 unspecified atom stereocenters. The summed E-state index contributed by atoms with van der Waals surface area (Å²) in [6, 6.07) is 63.3. The lowest BCUT2D eigenvalue weighted by Crippen LogP contribution is -2.19. The summed E-state index contributed by atoms with van der Waals surface area (Å²) in [6.07, 6.45) is 0.382. The van der Waals surface area contributed by atoms with Crippen LogP contribution in [0.15, 0.2) is 191 Å². The fraction of sp³-hybridized carbons (Fsp3) is 0.0577. The first kappa shape index (κ1) is 31.5. The smallest absolute Gasteiger partial charge is 0.145 e. The maximum Gasteiger partial charge on any atom is 0.145 e. The summed E-state index contributed by atoms with van der Waals surface area (Å²) in [4.78, 5) is 5.68. The highest BCUT2D eigenvalue weighted by atomic mass is 16.3. The van der Waals surface area contributed by atoms with Crippen molar-refractivity contribution < 1.29 is 4.42 Å². The van der Waals surface area contributed by atoms with Crippen molar-refractivity contribution in [3.05, 3.63) is 198 Å². The molecule has 0 amide bonds. The zero-order valence-corrected chi connectivity index (χ0v) is 30.4. The Balaban J connectivity index is 1.14. The molecule has 1 atom stereocenters. The zero-order chi connectivity index (χ0) is 36.5. The van der Waals surface area contributed by atoms with Crippen molar-refractivity contribution in [3.63, 3.8) is 0 Å². The van der Waals surface area contributed by atoms with E-state index in [0.717, 1.165) is 50.9 Å². The Labute approximate surface area is 318 Å². The number of furan rings is 1. The molecule has 1 aliphatic heterocycles. The second-order valence-corrected chi connectivity index (χ2v) is 14.7. The van der Waals surface area contributed by atoms with Gasteiger partial charge in [0.15, 0.2) is 0 Å². The Morgan fingerprint density at radius 1 is 0.491 bits per heavy atom. The highest BCUT2D eigenvalue weighted by Gasteiger charge is 2.25. The van der Waals surface area contributed by atoms with Crippen LogP contribution in [0.25, 0.3) is 81.9 Å². The van der Waals surface area contributed by atoms with E-state index in [0.29, 0.717) is 0 Å². The Kier molecular flexibility index (Phi) is 7.21. The summed E-state index contributed by atoms with van der Waals surface area (Å²) in [5, 5.41) is 16.1. The first-order valence-electron chi connectivity index (χ1n) is 19.0. The number of aliphatic imine (C=N–C) groups is 1. The molecule has 9 aromatic carbocycles. The molecule has 260 valence electrons. The fourth-order valence-electron chi connectivity index (χ4n) is 8.89. The highest BCUT2D eigenvalue weighted by Crippen LogP contribution is 2.42. The molecule has 3 nitrogen and oxygen atoms in total. The number of benzene rings is 9. The van der Waals surface area contributed by atoms with Gasteiger partial charge >= 0.3 is 0 Å². The van der Waals surface area contributed by atoms with Crippen LogP contribution in [-0.2, 0) is 0 Å². The van der Waals surface area contributed by atoms with Gasteiger partial charge in [0.05, 0.1) is 0 Å². The molecule has 55 heavy (non-hydrogen) atoms. The minimum atomic E-state index is -0.344. The van der Waals surface area contributed by atoms with Crippen LogP contribution in [0.1, 0.15) is 36.2 Å². The molecule has 0 spiro atoms. The van der Waals surface area contributed by atoms with Gasteiger partial charge < -0.3 is 9.73 Å². The quantitative estimate of drug-likeness (QED) is 0.185. The van der Waals surface area contributed by atoms with E-state index >= 15 is 0 Å². The highest BCUT2D eigenvalue weighted by molar-refractivity contribution is 6.16. The predicted molar refractivity (Wildman–Crippen MR) is 232 cm³/mol. The van der Waals surface area contributed by atoms with Crippen molar-refractivity contribution in [1.82, 2.24) is 5.32 Å². The Morgan fingerprint density at radius 3 is 1.98 bits per heavy atom. The van der Waals surface area contributed by atoms with Crippen LogP contribution in [0.2, 0.25) is 0 Å². The van der Waals surface area contributed by atoms with E-state index < -0.39 is 0 Å². The van der Waals surface area contributed by atoms with E-state index in [1.54, 1.807) is 0 Å². The molecule has 1 N–H and O–H groups in total. The Hall–Kier alpha value is -6.97. The number of hydrogen-bond donors (Lipinski definition) is 1. The van der Waals surface area contributed by atoms with E-state index in [1.807, 2.05) is 6.07 Å². The van der Waals surface area contributed by atoms with Crippen molar-refractivity contribution in [3.8, 4) is 11.1 Å². The SMILES string of the molecule is CC1=C(c2cc3ccccc3c3ccccc23)NC(c2ccc(-c3cccc4oc5ccccc5c34)c3ccccc23)N=C(c2ccc3ccccc3c2)C1. The van der Waals surface area contributed by atoms with Gasteiger partial charge in [-0.3, -0.25) is 4.99 Å². The molecule has 0 radical (unpaired) electrons. The van der Waals surface area contributed by atoms with Crippen molar-refractivity contribution in [2.45, 2.75) is 19.5 Å². The first-order valence-corrected chi connectivity index (χ1v) is 19.0. The van der Waals surface area contributed by atoms with E-state index in [2.05, 4.69) is 182 Å². The second-order valence-electron chi connectivity index (χ2n) is 14.7. The number of rotatable bonds is 4. The topological polar surface area (TPSA) is 37.5 Å². The van der Waals surface area contributed by atoms with E-state index in [1.165, 1.54) is 65.4 Å². The largest absolute Gasteiger partial charge is 0.456 e. The summed E-state index contributed by atoms with van der Waals surface area (Å²) < 4.78 is 6.33. The van der Waals surface area contributed by atoms with Gasteiger partial charge in [-0.25, -0.2) is 0 Å². The van der Waals surface area contributed by atoms with Gasteiger partial charge in [0.1, 0.15) is 17.3 Å².